The lowest BCUT2D eigenvalue weighted by molar-refractivity contribution is -0.117. The standard InChI is InChI=1S/C20H21BrN2O2/c1-14-12-17(21)4-7-19(14)22-20(25)13-23-10-8-16(9-11-23)15-2-5-18(24)6-3-15/h2-8,12,24H,9-11,13H2,1H3,(H,22,25). The molecule has 2 aromatic carbocycles. The molecule has 25 heavy (non-hydrogen) atoms. The molecule has 0 atom stereocenters. The first-order chi connectivity index (χ1) is 12.0. The molecule has 5 heteroatoms. The lowest BCUT2D eigenvalue weighted by Gasteiger charge is -2.26. The van der Waals surface area contributed by atoms with Crippen LogP contribution in [0.15, 0.2) is 53.0 Å². The Morgan fingerprint density at radius 3 is 2.64 bits per heavy atom. The number of phenols is 1. The summed E-state index contributed by atoms with van der Waals surface area (Å²) in [5.74, 6) is 0.286. The van der Waals surface area contributed by atoms with Crippen LogP contribution in [0.5, 0.6) is 5.75 Å². The van der Waals surface area contributed by atoms with Crippen LogP contribution in [0.3, 0.4) is 0 Å². The van der Waals surface area contributed by atoms with Crippen molar-refractivity contribution in [3.8, 4) is 5.75 Å². The molecule has 0 aliphatic carbocycles. The zero-order valence-corrected chi connectivity index (χ0v) is 15.7. The quantitative estimate of drug-likeness (QED) is 0.808. The van der Waals surface area contributed by atoms with Crippen LogP contribution < -0.4 is 5.32 Å². The number of carbonyl (C=O) groups is 1. The van der Waals surface area contributed by atoms with Crippen LogP contribution in [-0.4, -0.2) is 35.5 Å². The lowest BCUT2D eigenvalue weighted by Crippen LogP contribution is -2.36. The minimum Gasteiger partial charge on any atom is -0.508 e. The zero-order valence-electron chi connectivity index (χ0n) is 14.1. The first-order valence-corrected chi connectivity index (χ1v) is 9.07. The maximum absolute atomic E-state index is 12.3. The van der Waals surface area contributed by atoms with Gasteiger partial charge < -0.3 is 10.4 Å². The molecule has 2 aromatic rings. The molecule has 0 saturated heterocycles. The lowest BCUT2D eigenvalue weighted by atomic mass is 9.99. The summed E-state index contributed by atoms with van der Waals surface area (Å²) >= 11 is 3.43. The molecule has 0 spiro atoms. The highest BCUT2D eigenvalue weighted by atomic mass is 79.9. The second-order valence-corrected chi connectivity index (χ2v) is 7.18. The number of halogens is 1. The van der Waals surface area contributed by atoms with E-state index in [0.29, 0.717) is 6.54 Å². The van der Waals surface area contributed by atoms with E-state index in [0.717, 1.165) is 40.8 Å². The van der Waals surface area contributed by atoms with Crippen LogP contribution in [0.2, 0.25) is 0 Å². The Balaban J connectivity index is 1.56. The minimum absolute atomic E-state index is 0.00639. The Labute approximate surface area is 156 Å². The first-order valence-electron chi connectivity index (χ1n) is 8.28. The molecule has 1 aliphatic heterocycles. The molecule has 1 aliphatic rings. The van der Waals surface area contributed by atoms with Crippen molar-refractivity contribution >= 4 is 33.1 Å². The fourth-order valence-electron chi connectivity index (χ4n) is 2.95. The second-order valence-electron chi connectivity index (χ2n) is 6.27. The van der Waals surface area contributed by atoms with Gasteiger partial charge in [-0.1, -0.05) is 34.1 Å². The van der Waals surface area contributed by atoms with E-state index in [1.807, 2.05) is 37.3 Å². The summed E-state index contributed by atoms with van der Waals surface area (Å²) in [4.78, 5) is 14.4. The van der Waals surface area contributed by atoms with E-state index in [1.165, 1.54) is 5.57 Å². The van der Waals surface area contributed by atoms with Crippen molar-refractivity contribution in [1.82, 2.24) is 4.90 Å². The van der Waals surface area contributed by atoms with E-state index in [4.69, 9.17) is 0 Å². The van der Waals surface area contributed by atoms with Crippen LogP contribution in [0.25, 0.3) is 5.57 Å². The maximum Gasteiger partial charge on any atom is 0.238 e. The van der Waals surface area contributed by atoms with Gasteiger partial charge >= 0.3 is 0 Å². The van der Waals surface area contributed by atoms with E-state index < -0.39 is 0 Å². The molecule has 1 amide bonds. The van der Waals surface area contributed by atoms with Crippen molar-refractivity contribution in [2.24, 2.45) is 0 Å². The van der Waals surface area contributed by atoms with Gasteiger partial charge in [0.15, 0.2) is 0 Å². The second kappa shape index (κ2) is 7.85. The molecule has 0 unspecified atom stereocenters. The molecule has 3 rings (SSSR count). The third-order valence-corrected chi connectivity index (χ3v) is 4.85. The number of aryl methyl sites for hydroxylation is 1. The molecule has 4 nitrogen and oxygen atoms in total. The first kappa shape index (κ1) is 17.7. The number of benzene rings is 2. The number of amides is 1. The summed E-state index contributed by atoms with van der Waals surface area (Å²) in [6, 6.07) is 13.1. The molecular formula is C20H21BrN2O2. The van der Waals surface area contributed by atoms with Crippen molar-refractivity contribution in [2.45, 2.75) is 13.3 Å². The number of phenolic OH excluding ortho intramolecular Hbond substituents is 1. The normalized spacial score (nSPS) is 14.9. The monoisotopic (exact) mass is 400 g/mol. The van der Waals surface area contributed by atoms with E-state index in [2.05, 4.69) is 32.2 Å². The van der Waals surface area contributed by atoms with E-state index in [1.54, 1.807) is 12.1 Å². The number of hydrogen-bond acceptors (Lipinski definition) is 3. The van der Waals surface area contributed by atoms with Gasteiger partial charge in [0.05, 0.1) is 6.54 Å². The summed E-state index contributed by atoms with van der Waals surface area (Å²) in [6.07, 6.45) is 3.06. The molecular weight excluding hydrogens is 380 g/mol. The SMILES string of the molecule is Cc1cc(Br)ccc1NC(=O)CN1CC=C(c2ccc(O)cc2)CC1. The van der Waals surface area contributed by atoms with Crippen LogP contribution in [0.1, 0.15) is 17.5 Å². The van der Waals surface area contributed by atoms with Crippen molar-refractivity contribution in [2.75, 3.05) is 25.0 Å². The third-order valence-electron chi connectivity index (χ3n) is 4.36. The van der Waals surface area contributed by atoms with Crippen molar-refractivity contribution in [3.63, 3.8) is 0 Å². The number of hydrogen-bond donors (Lipinski definition) is 2. The number of nitrogens with one attached hydrogen (secondary N) is 1. The Hall–Kier alpha value is -2.11. The summed E-state index contributed by atoms with van der Waals surface area (Å²) in [6.45, 7) is 3.96. The van der Waals surface area contributed by atoms with Crippen molar-refractivity contribution in [3.05, 3.63) is 64.1 Å². The van der Waals surface area contributed by atoms with Crippen molar-refractivity contribution in [1.29, 1.82) is 0 Å². The minimum atomic E-state index is 0.00639. The topological polar surface area (TPSA) is 52.6 Å². The van der Waals surface area contributed by atoms with Crippen LogP contribution in [-0.2, 0) is 4.79 Å². The summed E-state index contributed by atoms with van der Waals surface area (Å²) in [5, 5.41) is 12.4. The van der Waals surface area contributed by atoms with Gasteiger partial charge in [0.1, 0.15) is 5.75 Å². The Kier molecular flexibility index (Phi) is 5.56. The average molecular weight is 401 g/mol. The number of rotatable bonds is 4. The molecule has 1 heterocycles. The van der Waals surface area contributed by atoms with Gasteiger partial charge in [-0.3, -0.25) is 9.69 Å². The van der Waals surface area contributed by atoms with Gasteiger partial charge in [-0.2, -0.15) is 0 Å². The highest BCUT2D eigenvalue weighted by molar-refractivity contribution is 9.10. The number of aromatic hydroxyl groups is 1. The predicted molar refractivity (Wildman–Crippen MR) is 105 cm³/mol. The average Bonchev–Trinajstić information content (AvgIpc) is 2.59. The fourth-order valence-corrected chi connectivity index (χ4v) is 3.43. The Morgan fingerprint density at radius 1 is 1.24 bits per heavy atom. The smallest absolute Gasteiger partial charge is 0.238 e. The van der Waals surface area contributed by atoms with Gasteiger partial charge in [0.25, 0.3) is 0 Å². The van der Waals surface area contributed by atoms with Gasteiger partial charge in [0.2, 0.25) is 5.91 Å². The van der Waals surface area contributed by atoms with E-state index >= 15 is 0 Å². The van der Waals surface area contributed by atoms with Crippen LogP contribution >= 0.6 is 15.9 Å². The van der Waals surface area contributed by atoms with E-state index in [9.17, 15) is 9.90 Å². The summed E-state index contributed by atoms with van der Waals surface area (Å²) in [5.41, 5.74) is 4.29. The molecule has 0 radical (unpaired) electrons. The Bertz CT molecular complexity index is 800. The number of nitrogens with zero attached hydrogens (tertiary/aromatic N) is 1. The highest BCUT2D eigenvalue weighted by Gasteiger charge is 2.16. The zero-order chi connectivity index (χ0) is 17.8. The van der Waals surface area contributed by atoms with Gasteiger partial charge in [-0.25, -0.2) is 0 Å². The highest BCUT2D eigenvalue weighted by Crippen LogP contribution is 2.24. The molecule has 0 bridgehead atoms. The number of anilines is 1. The van der Waals surface area contributed by atoms with Crippen LogP contribution in [0, 0.1) is 6.92 Å². The molecule has 0 aromatic heterocycles. The molecule has 2 N–H and O–H groups in total. The van der Waals surface area contributed by atoms with Gasteiger partial charge in [0, 0.05) is 23.2 Å². The third kappa shape index (κ3) is 4.71. The summed E-state index contributed by atoms with van der Waals surface area (Å²) in [7, 11) is 0. The maximum atomic E-state index is 12.3. The van der Waals surface area contributed by atoms with Crippen molar-refractivity contribution < 1.29 is 9.90 Å². The largest absolute Gasteiger partial charge is 0.508 e. The number of carbonyl (C=O) groups excluding carboxylic acids is 1. The predicted octanol–water partition coefficient (Wildman–Crippen LogP) is 4.19. The van der Waals surface area contributed by atoms with Crippen LogP contribution in [0.4, 0.5) is 5.69 Å². The molecule has 0 fully saturated rings. The molecule has 0 saturated carbocycles. The fraction of sp³-hybridized carbons (Fsp3) is 0.250. The van der Waals surface area contributed by atoms with Gasteiger partial charge in [-0.15, -0.1) is 0 Å². The van der Waals surface area contributed by atoms with Gasteiger partial charge in [-0.05, 0) is 60.4 Å². The summed E-state index contributed by atoms with van der Waals surface area (Å²) < 4.78 is 1.01. The van der Waals surface area contributed by atoms with E-state index in [-0.39, 0.29) is 11.7 Å². The molecule has 130 valence electrons. The Morgan fingerprint density at radius 2 is 2.00 bits per heavy atom.